The highest BCUT2D eigenvalue weighted by molar-refractivity contribution is 5.95. The Bertz CT molecular complexity index is 462. The molecule has 0 radical (unpaired) electrons. The number of carbonyl (C=O) groups is 2. The van der Waals surface area contributed by atoms with Gasteiger partial charge in [0.15, 0.2) is 0 Å². The van der Waals surface area contributed by atoms with Crippen molar-refractivity contribution in [1.29, 1.82) is 0 Å². The summed E-state index contributed by atoms with van der Waals surface area (Å²) < 4.78 is 0. The predicted octanol–water partition coefficient (Wildman–Crippen LogP) is 1.48. The largest absolute Gasteiger partial charge is 0.345 e. The zero-order chi connectivity index (χ0) is 13.3. The third-order valence-corrected chi connectivity index (χ3v) is 3.03. The monoisotopic (exact) mass is 246 g/mol. The first-order valence-corrected chi connectivity index (χ1v) is 6.06. The summed E-state index contributed by atoms with van der Waals surface area (Å²) in [5.41, 5.74) is 0.466. The second-order valence-corrected chi connectivity index (χ2v) is 5.47. The number of hydrogen-bond acceptors (Lipinski definition) is 2. The van der Waals surface area contributed by atoms with Gasteiger partial charge in [0.2, 0.25) is 11.8 Å². The molecular weight excluding hydrogens is 228 g/mol. The Morgan fingerprint density at radius 1 is 1.17 bits per heavy atom. The molecule has 18 heavy (non-hydrogen) atoms. The number of nitrogens with one attached hydrogen (secondary N) is 1. The van der Waals surface area contributed by atoms with Crippen LogP contribution in [0.3, 0.4) is 0 Å². The van der Waals surface area contributed by atoms with Crippen molar-refractivity contribution in [2.45, 2.75) is 32.4 Å². The zero-order valence-corrected chi connectivity index (χ0v) is 10.9. The molecule has 4 nitrogen and oxygen atoms in total. The third-order valence-electron chi connectivity index (χ3n) is 3.03. The second kappa shape index (κ2) is 4.44. The van der Waals surface area contributed by atoms with Crippen LogP contribution in [0, 0.1) is 0 Å². The topological polar surface area (TPSA) is 49.4 Å². The number of benzene rings is 1. The zero-order valence-electron chi connectivity index (χ0n) is 10.9. The number of amides is 2. The van der Waals surface area contributed by atoms with Crippen LogP contribution in [0.5, 0.6) is 0 Å². The van der Waals surface area contributed by atoms with E-state index in [9.17, 15) is 9.59 Å². The van der Waals surface area contributed by atoms with Crippen molar-refractivity contribution in [3.05, 3.63) is 35.9 Å². The maximum Gasteiger partial charge on any atom is 0.247 e. The first-order chi connectivity index (χ1) is 8.41. The molecule has 1 unspecified atom stereocenters. The molecule has 2 rings (SSSR count). The first-order valence-electron chi connectivity index (χ1n) is 6.06. The standard InChI is InChI=1S/C14H18N2O2/c1-14(2,3)16-11(17)9-15-13(18)12(16)10-7-5-4-6-8-10/h4-8,12H,9H2,1-3H3,(H,15,18). The molecule has 96 valence electrons. The van der Waals surface area contributed by atoms with Crippen LogP contribution in [0.1, 0.15) is 32.4 Å². The number of nitrogens with zero attached hydrogens (tertiary/aromatic N) is 1. The Labute approximate surface area is 107 Å². The van der Waals surface area contributed by atoms with Crippen LogP contribution in [0.15, 0.2) is 30.3 Å². The quantitative estimate of drug-likeness (QED) is 0.816. The third kappa shape index (κ3) is 2.23. The second-order valence-electron chi connectivity index (χ2n) is 5.47. The van der Waals surface area contributed by atoms with Crippen molar-refractivity contribution in [1.82, 2.24) is 10.2 Å². The van der Waals surface area contributed by atoms with E-state index >= 15 is 0 Å². The van der Waals surface area contributed by atoms with Gasteiger partial charge in [-0.1, -0.05) is 30.3 Å². The molecule has 1 N–H and O–H groups in total. The maximum absolute atomic E-state index is 12.1. The number of rotatable bonds is 1. The van der Waals surface area contributed by atoms with Crippen molar-refractivity contribution in [3.63, 3.8) is 0 Å². The molecule has 0 spiro atoms. The summed E-state index contributed by atoms with van der Waals surface area (Å²) in [7, 11) is 0. The van der Waals surface area contributed by atoms with Gasteiger partial charge in [0.25, 0.3) is 0 Å². The molecule has 1 heterocycles. The molecule has 0 bridgehead atoms. The van der Waals surface area contributed by atoms with Crippen LogP contribution >= 0.6 is 0 Å². The molecule has 0 aliphatic carbocycles. The van der Waals surface area contributed by atoms with E-state index in [4.69, 9.17) is 0 Å². The Kier molecular flexibility index (Phi) is 3.11. The van der Waals surface area contributed by atoms with Crippen molar-refractivity contribution in [2.75, 3.05) is 6.54 Å². The fourth-order valence-electron chi connectivity index (χ4n) is 2.30. The lowest BCUT2D eigenvalue weighted by Crippen LogP contribution is -2.59. The van der Waals surface area contributed by atoms with Gasteiger partial charge in [0.1, 0.15) is 6.04 Å². The van der Waals surface area contributed by atoms with E-state index in [1.165, 1.54) is 0 Å². The van der Waals surface area contributed by atoms with Crippen LogP contribution in [0.25, 0.3) is 0 Å². The lowest BCUT2D eigenvalue weighted by atomic mass is 9.95. The predicted molar refractivity (Wildman–Crippen MR) is 68.8 cm³/mol. The van der Waals surface area contributed by atoms with E-state index in [0.29, 0.717) is 0 Å². The average molecular weight is 246 g/mol. The van der Waals surface area contributed by atoms with Crippen molar-refractivity contribution in [3.8, 4) is 0 Å². The molecule has 1 aromatic rings. The normalized spacial score (nSPS) is 20.8. The molecule has 1 atom stereocenters. The summed E-state index contributed by atoms with van der Waals surface area (Å²) in [5, 5.41) is 2.65. The van der Waals surface area contributed by atoms with Gasteiger partial charge in [-0.3, -0.25) is 9.59 Å². The molecule has 1 aromatic carbocycles. The average Bonchev–Trinajstić information content (AvgIpc) is 2.31. The minimum absolute atomic E-state index is 0.0454. The highest BCUT2D eigenvalue weighted by Gasteiger charge is 2.41. The molecule has 1 fully saturated rings. The van der Waals surface area contributed by atoms with Crippen LogP contribution < -0.4 is 5.32 Å². The Balaban J connectivity index is 2.45. The highest BCUT2D eigenvalue weighted by Crippen LogP contribution is 2.30. The number of hydrogen-bond donors (Lipinski definition) is 1. The Morgan fingerprint density at radius 3 is 2.33 bits per heavy atom. The van der Waals surface area contributed by atoms with Crippen molar-refractivity contribution in [2.24, 2.45) is 0 Å². The highest BCUT2D eigenvalue weighted by atomic mass is 16.2. The maximum atomic E-state index is 12.1. The van der Waals surface area contributed by atoms with Crippen molar-refractivity contribution >= 4 is 11.8 Å². The van der Waals surface area contributed by atoms with E-state index in [1.54, 1.807) is 4.90 Å². The van der Waals surface area contributed by atoms with Crippen LogP contribution in [-0.4, -0.2) is 28.8 Å². The summed E-state index contributed by atoms with van der Waals surface area (Å²) in [6.45, 7) is 5.91. The summed E-state index contributed by atoms with van der Waals surface area (Å²) in [6.07, 6.45) is 0. The lowest BCUT2D eigenvalue weighted by Gasteiger charge is -2.43. The van der Waals surface area contributed by atoms with E-state index in [2.05, 4.69) is 5.32 Å². The molecule has 0 saturated carbocycles. The SMILES string of the molecule is CC(C)(C)N1C(=O)CNC(=O)C1c1ccccc1. The van der Waals surface area contributed by atoms with E-state index in [1.807, 2.05) is 51.1 Å². The lowest BCUT2D eigenvalue weighted by molar-refractivity contribution is -0.151. The van der Waals surface area contributed by atoms with Gasteiger partial charge >= 0.3 is 0 Å². The number of piperazine rings is 1. The minimum atomic E-state index is -0.535. The molecular formula is C14H18N2O2. The molecule has 4 heteroatoms. The van der Waals surface area contributed by atoms with E-state index < -0.39 is 6.04 Å². The van der Waals surface area contributed by atoms with Gasteiger partial charge in [-0.25, -0.2) is 0 Å². The van der Waals surface area contributed by atoms with Crippen LogP contribution in [0.2, 0.25) is 0 Å². The fraction of sp³-hybridized carbons (Fsp3) is 0.429. The Morgan fingerprint density at radius 2 is 1.78 bits per heavy atom. The summed E-state index contributed by atoms with van der Waals surface area (Å²) in [4.78, 5) is 25.8. The molecule has 1 aliphatic heterocycles. The van der Waals surface area contributed by atoms with E-state index in [-0.39, 0.29) is 23.9 Å². The smallest absolute Gasteiger partial charge is 0.247 e. The minimum Gasteiger partial charge on any atom is -0.345 e. The Hall–Kier alpha value is -1.84. The van der Waals surface area contributed by atoms with Crippen LogP contribution in [0.4, 0.5) is 0 Å². The summed E-state index contributed by atoms with van der Waals surface area (Å²) >= 11 is 0. The first kappa shape index (κ1) is 12.6. The summed E-state index contributed by atoms with van der Waals surface area (Å²) in [5.74, 6) is -0.160. The molecule has 2 amide bonds. The summed E-state index contributed by atoms with van der Waals surface area (Å²) in [6, 6.07) is 8.87. The molecule has 0 aromatic heterocycles. The van der Waals surface area contributed by atoms with Crippen LogP contribution in [-0.2, 0) is 9.59 Å². The van der Waals surface area contributed by atoms with Gasteiger partial charge in [0, 0.05) is 5.54 Å². The van der Waals surface area contributed by atoms with Gasteiger partial charge in [0.05, 0.1) is 6.54 Å². The molecule has 1 aliphatic rings. The fourth-order valence-corrected chi connectivity index (χ4v) is 2.30. The van der Waals surface area contributed by atoms with E-state index in [0.717, 1.165) is 5.56 Å². The van der Waals surface area contributed by atoms with Gasteiger partial charge in [-0.2, -0.15) is 0 Å². The molecule has 1 saturated heterocycles. The van der Waals surface area contributed by atoms with Gasteiger partial charge < -0.3 is 10.2 Å². The van der Waals surface area contributed by atoms with Gasteiger partial charge in [-0.15, -0.1) is 0 Å². The van der Waals surface area contributed by atoms with Crippen molar-refractivity contribution < 1.29 is 9.59 Å². The number of carbonyl (C=O) groups excluding carboxylic acids is 2. The van der Waals surface area contributed by atoms with Gasteiger partial charge in [-0.05, 0) is 26.3 Å².